The summed E-state index contributed by atoms with van der Waals surface area (Å²) in [6.07, 6.45) is 3.49. The summed E-state index contributed by atoms with van der Waals surface area (Å²) in [4.78, 5) is 21.0. The van der Waals surface area contributed by atoms with E-state index in [0.717, 1.165) is 11.1 Å². The maximum absolute atomic E-state index is 11.4. The molecular formula is C15H18O3. The van der Waals surface area contributed by atoms with Crippen LogP contribution in [0, 0.1) is 0 Å². The van der Waals surface area contributed by atoms with E-state index in [2.05, 4.69) is 11.5 Å². The largest absolute Gasteiger partial charge is 0.365 e. The molecule has 1 atom stereocenters. The van der Waals surface area contributed by atoms with Gasteiger partial charge in [-0.3, -0.25) is 4.89 Å². The summed E-state index contributed by atoms with van der Waals surface area (Å²) < 4.78 is 0. The van der Waals surface area contributed by atoms with Crippen molar-refractivity contribution in [1.82, 2.24) is 0 Å². The Morgan fingerprint density at radius 1 is 1.39 bits per heavy atom. The molecule has 0 heterocycles. The minimum absolute atomic E-state index is 0.184. The van der Waals surface area contributed by atoms with Crippen LogP contribution in [-0.2, 0) is 14.6 Å². The standard InChI is InChI=1S/C15H18O3/c1-12(2)11-13(3)17-18-15(16)10-9-14-7-5-4-6-8-14/h4-10,13H,1,11H2,2-3H3/b10-9+. The molecule has 0 aromatic heterocycles. The van der Waals surface area contributed by atoms with Crippen molar-refractivity contribution in [2.24, 2.45) is 0 Å². The van der Waals surface area contributed by atoms with Gasteiger partial charge in [-0.05, 0) is 31.9 Å². The van der Waals surface area contributed by atoms with E-state index in [4.69, 9.17) is 4.89 Å². The third-order valence-corrected chi connectivity index (χ3v) is 2.14. The van der Waals surface area contributed by atoms with E-state index in [9.17, 15) is 4.79 Å². The Morgan fingerprint density at radius 3 is 2.67 bits per heavy atom. The summed E-state index contributed by atoms with van der Waals surface area (Å²) in [7, 11) is 0. The number of hydrogen-bond acceptors (Lipinski definition) is 3. The maximum atomic E-state index is 11.4. The van der Waals surface area contributed by atoms with Crippen LogP contribution in [0.1, 0.15) is 25.8 Å². The quantitative estimate of drug-likeness (QED) is 0.333. The Bertz CT molecular complexity index is 421. The minimum Gasteiger partial charge on any atom is -0.293 e. The van der Waals surface area contributed by atoms with E-state index >= 15 is 0 Å². The van der Waals surface area contributed by atoms with Gasteiger partial charge in [0.25, 0.3) is 0 Å². The fraction of sp³-hybridized carbons (Fsp3) is 0.267. The number of carbonyl (C=O) groups excluding carboxylic acids is 1. The van der Waals surface area contributed by atoms with Crippen LogP contribution in [0.2, 0.25) is 0 Å². The van der Waals surface area contributed by atoms with Crippen molar-refractivity contribution >= 4 is 12.0 Å². The smallest absolute Gasteiger partial charge is 0.293 e. The van der Waals surface area contributed by atoms with E-state index in [1.54, 1.807) is 6.08 Å². The zero-order valence-electron chi connectivity index (χ0n) is 10.8. The average molecular weight is 246 g/mol. The molecule has 96 valence electrons. The second-order valence-corrected chi connectivity index (χ2v) is 4.21. The number of benzene rings is 1. The molecule has 0 saturated carbocycles. The lowest BCUT2D eigenvalue weighted by atomic mass is 10.2. The van der Waals surface area contributed by atoms with Gasteiger partial charge in [-0.1, -0.05) is 35.9 Å². The highest BCUT2D eigenvalue weighted by Gasteiger charge is 2.06. The molecule has 0 fully saturated rings. The zero-order valence-corrected chi connectivity index (χ0v) is 10.8. The molecule has 0 amide bonds. The Hall–Kier alpha value is -1.87. The molecule has 18 heavy (non-hydrogen) atoms. The van der Waals surface area contributed by atoms with Crippen molar-refractivity contribution in [3.63, 3.8) is 0 Å². The van der Waals surface area contributed by atoms with Crippen LogP contribution in [0.15, 0.2) is 48.6 Å². The van der Waals surface area contributed by atoms with Crippen molar-refractivity contribution in [2.75, 3.05) is 0 Å². The van der Waals surface area contributed by atoms with Gasteiger partial charge in [0, 0.05) is 6.08 Å². The molecule has 0 bridgehead atoms. The number of carbonyl (C=O) groups is 1. The second kappa shape index (κ2) is 7.45. The van der Waals surface area contributed by atoms with Crippen molar-refractivity contribution < 1.29 is 14.6 Å². The molecule has 0 N–H and O–H groups in total. The first-order valence-corrected chi connectivity index (χ1v) is 5.82. The monoisotopic (exact) mass is 246 g/mol. The molecule has 0 aliphatic carbocycles. The molecule has 1 aromatic carbocycles. The summed E-state index contributed by atoms with van der Waals surface area (Å²) in [5.41, 5.74) is 1.92. The molecule has 3 nitrogen and oxygen atoms in total. The lowest BCUT2D eigenvalue weighted by Crippen LogP contribution is -2.12. The predicted molar refractivity (Wildman–Crippen MR) is 71.5 cm³/mol. The molecule has 1 unspecified atom stereocenters. The fourth-order valence-electron chi connectivity index (χ4n) is 1.41. The maximum Gasteiger partial charge on any atom is 0.365 e. The van der Waals surface area contributed by atoms with Crippen molar-refractivity contribution in [3.8, 4) is 0 Å². The molecular weight excluding hydrogens is 228 g/mol. The SMILES string of the molecule is C=C(C)CC(C)OOC(=O)/C=C/c1ccccc1. The van der Waals surface area contributed by atoms with Crippen LogP contribution in [0.4, 0.5) is 0 Å². The third-order valence-electron chi connectivity index (χ3n) is 2.14. The van der Waals surface area contributed by atoms with Crippen LogP contribution in [-0.4, -0.2) is 12.1 Å². The first kappa shape index (κ1) is 14.2. The molecule has 0 radical (unpaired) electrons. The first-order valence-electron chi connectivity index (χ1n) is 5.82. The summed E-state index contributed by atoms with van der Waals surface area (Å²) in [6.45, 7) is 7.49. The van der Waals surface area contributed by atoms with Crippen LogP contribution >= 0.6 is 0 Å². The van der Waals surface area contributed by atoms with E-state index in [1.165, 1.54) is 6.08 Å². The number of hydrogen-bond donors (Lipinski definition) is 0. The molecule has 3 heteroatoms. The molecule has 0 aliphatic rings. The zero-order chi connectivity index (χ0) is 13.4. The first-order chi connectivity index (χ1) is 8.58. The summed E-state index contributed by atoms with van der Waals surface area (Å²) >= 11 is 0. The van der Waals surface area contributed by atoms with Gasteiger partial charge in [0.2, 0.25) is 0 Å². The Labute approximate surface area is 108 Å². The van der Waals surface area contributed by atoms with Crippen LogP contribution in [0.5, 0.6) is 0 Å². The third kappa shape index (κ3) is 6.01. The average Bonchev–Trinajstić information content (AvgIpc) is 2.34. The van der Waals surface area contributed by atoms with Crippen molar-refractivity contribution in [1.29, 1.82) is 0 Å². The Morgan fingerprint density at radius 2 is 2.06 bits per heavy atom. The van der Waals surface area contributed by atoms with Gasteiger partial charge >= 0.3 is 5.97 Å². The summed E-state index contributed by atoms with van der Waals surface area (Å²) in [6, 6.07) is 9.51. The molecule has 0 spiro atoms. The van der Waals surface area contributed by atoms with Crippen molar-refractivity contribution in [2.45, 2.75) is 26.4 Å². The normalized spacial score (nSPS) is 12.3. The van der Waals surface area contributed by atoms with E-state index < -0.39 is 5.97 Å². The van der Waals surface area contributed by atoms with E-state index in [-0.39, 0.29) is 6.10 Å². The van der Waals surface area contributed by atoms with Gasteiger partial charge < -0.3 is 0 Å². The number of rotatable bonds is 6. The Kier molecular flexibility index (Phi) is 5.88. The van der Waals surface area contributed by atoms with Gasteiger partial charge in [0.1, 0.15) is 6.10 Å². The highest BCUT2D eigenvalue weighted by atomic mass is 17.2. The summed E-state index contributed by atoms with van der Waals surface area (Å²) in [5.74, 6) is -0.521. The Balaban J connectivity index is 2.34. The van der Waals surface area contributed by atoms with Gasteiger partial charge in [0.05, 0.1) is 0 Å². The van der Waals surface area contributed by atoms with Gasteiger partial charge in [0.15, 0.2) is 0 Å². The molecule has 1 rings (SSSR count). The van der Waals surface area contributed by atoms with Crippen molar-refractivity contribution in [3.05, 3.63) is 54.1 Å². The van der Waals surface area contributed by atoms with Gasteiger partial charge in [-0.15, -0.1) is 6.58 Å². The van der Waals surface area contributed by atoms with E-state index in [1.807, 2.05) is 44.2 Å². The lowest BCUT2D eigenvalue weighted by Gasteiger charge is -2.09. The highest BCUT2D eigenvalue weighted by Crippen LogP contribution is 2.06. The molecule has 0 saturated heterocycles. The minimum atomic E-state index is -0.521. The fourth-order valence-corrected chi connectivity index (χ4v) is 1.41. The highest BCUT2D eigenvalue weighted by molar-refractivity contribution is 5.86. The predicted octanol–water partition coefficient (Wildman–Crippen LogP) is 3.53. The molecule has 1 aromatic rings. The van der Waals surface area contributed by atoms with Gasteiger partial charge in [-0.25, -0.2) is 4.79 Å². The summed E-state index contributed by atoms with van der Waals surface area (Å²) in [5, 5.41) is 0. The van der Waals surface area contributed by atoms with Crippen LogP contribution < -0.4 is 0 Å². The van der Waals surface area contributed by atoms with Crippen LogP contribution in [0.3, 0.4) is 0 Å². The van der Waals surface area contributed by atoms with E-state index in [0.29, 0.717) is 6.42 Å². The topological polar surface area (TPSA) is 35.5 Å². The van der Waals surface area contributed by atoms with Crippen LogP contribution in [0.25, 0.3) is 6.08 Å². The molecule has 0 aliphatic heterocycles. The second-order valence-electron chi connectivity index (χ2n) is 4.21. The van der Waals surface area contributed by atoms with Gasteiger partial charge in [-0.2, -0.15) is 4.89 Å². The lowest BCUT2D eigenvalue weighted by molar-refractivity contribution is -0.289.